The molecule has 8 nitrogen and oxygen atoms in total. The zero-order valence-electron chi connectivity index (χ0n) is 17.9. The minimum Gasteiger partial charge on any atom is -0.387 e. The van der Waals surface area contributed by atoms with Crippen LogP contribution in [0.5, 0.6) is 0 Å². The van der Waals surface area contributed by atoms with Crippen LogP contribution in [-0.2, 0) is 27.1 Å². The van der Waals surface area contributed by atoms with E-state index in [1.165, 1.54) is 0 Å². The molecular weight excluding hydrogens is 430 g/mol. The molecule has 0 bridgehead atoms. The lowest BCUT2D eigenvalue weighted by Crippen LogP contribution is -2.52. The van der Waals surface area contributed by atoms with Crippen LogP contribution >= 0.6 is 0 Å². The number of sulfonamides is 1. The number of nitrogens with one attached hydrogen (secondary N) is 1. The molecule has 2 aliphatic heterocycles. The molecule has 2 aliphatic rings. The summed E-state index contributed by atoms with van der Waals surface area (Å²) in [6.45, 7) is 4.53. The van der Waals surface area contributed by atoms with Gasteiger partial charge in [-0.1, -0.05) is 24.3 Å². The van der Waals surface area contributed by atoms with Gasteiger partial charge in [-0.2, -0.15) is 5.26 Å². The first-order valence-electron chi connectivity index (χ1n) is 10.5. The third-order valence-electron chi connectivity index (χ3n) is 6.18. The van der Waals surface area contributed by atoms with Crippen molar-refractivity contribution in [1.29, 1.82) is 5.26 Å². The van der Waals surface area contributed by atoms with E-state index in [1.807, 2.05) is 19.1 Å². The molecule has 3 N–H and O–H groups in total. The van der Waals surface area contributed by atoms with E-state index in [0.717, 1.165) is 22.3 Å². The lowest BCUT2D eigenvalue weighted by Gasteiger charge is -2.40. The largest absolute Gasteiger partial charge is 0.387 e. The number of likely N-dealkylation sites (tertiary alicyclic amines) is 1. The molecule has 4 rings (SSSR count). The highest BCUT2D eigenvalue weighted by atomic mass is 32.2. The molecule has 2 aromatic rings. The minimum atomic E-state index is -3.46. The Bertz CT molecular complexity index is 1120. The van der Waals surface area contributed by atoms with E-state index in [-0.39, 0.29) is 11.7 Å². The summed E-state index contributed by atoms with van der Waals surface area (Å²) in [5.74, 6) is 0.0757. The van der Waals surface area contributed by atoms with Crippen LogP contribution in [0.3, 0.4) is 0 Å². The fourth-order valence-electron chi connectivity index (χ4n) is 4.32. The predicted molar refractivity (Wildman–Crippen MR) is 118 cm³/mol. The van der Waals surface area contributed by atoms with E-state index in [2.05, 4.69) is 9.62 Å². The number of aliphatic hydroxyl groups excluding tert-OH is 2. The van der Waals surface area contributed by atoms with Gasteiger partial charge in [0.25, 0.3) is 0 Å². The van der Waals surface area contributed by atoms with E-state index >= 15 is 0 Å². The zero-order chi connectivity index (χ0) is 22.9. The maximum Gasteiger partial charge on any atom is 0.215 e. The molecule has 0 spiro atoms. The van der Waals surface area contributed by atoms with Crippen LogP contribution in [0.15, 0.2) is 36.4 Å². The molecule has 1 unspecified atom stereocenters. The zero-order valence-corrected chi connectivity index (χ0v) is 18.7. The van der Waals surface area contributed by atoms with Crippen LogP contribution < -0.4 is 4.72 Å². The molecule has 9 heteroatoms. The van der Waals surface area contributed by atoms with Crippen LogP contribution in [0.25, 0.3) is 0 Å². The Morgan fingerprint density at radius 3 is 2.66 bits per heavy atom. The Labute approximate surface area is 188 Å². The molecule has 2 heterocycles. The number of hydrogen-bond acceptors (Lipinski definition) is 7. The molecule has 170 valence electrons. The average molecular weight is 458 g/mol. The van der Waals surface area contributed by atoms with E-state index in [4.69, 9.17) is 10.00 Å². The van der Waals surface area contributed by atoms with Crippen LogP contribution in [0.1, 0.15) is 45.8 Å². The van der Waals surface area contributed by atoms with Gasteiger partial charge >= 0.3 is 0 Å². The highest BCUT2D eigenvalue weighted by Gasteiger charge is 2.31. The summed E-state index contributed by atoms with van der Waals surface area (Å²) in [7, 11) is -3.46. The standard InChI is InChI=1S/C23H27N3O5S/c1-15-19(6-7-20-21(15)13-31-23(20)28)22(27)12-26-10-18(11-26)9-25-32(29,30)14-17-4-2-16(8-24)3-5-17/h2-7,18,22-23,25,27-28H,9-14H2,1H3/t22-,23?/m0/s1. The van der Waals surface area contributed by atoms with Gasteiger partial charge in [0.2, 0.25) is 10.0 Å². The van der Waals surface area contributed by atoms with Crippen LogP contribution in [0, 0.1) is 24.2 Å². The molecular formula is C23H27N3O5S. The normalized spacial score (nSPS) is 19.9. The van der Waals surface area contributed by atoms with Crippen molar-refractivity contribution in [2.24, 2.45) is 5.92 Å². The monoisotopic (exact) mass is 457 g/mol. The summed E-state index contributed by atoms with van der Waals surface area (Å²) in [5.41, 5.74) is 4.60. The molecule has 0 amide bonds. The van der Waals surface area contributed by atoms with Crippen molar-refractivity contribution in [2.75, 3.05) is 26.2 Å². The van der Waals surface area contributed by atoms with Gasteiger partial charge in [-0.3, -0.25) is 4.90 Å². The van der Waals surface area contributed by atoms with Crippen LogP contribution in [0.2, 0.25) is 0 Å². The number of benzene rings is 2. The quantitative estimate of drug-likeness (QED) is 0.549. The summed E-state index contributed by atoms with van der Waals surface area (Å²) >= 11 is 0. The molecule has 1 fully saturated rings. The lowest BCUT2D eigenvalue weighted by atomic mass is 9.93. The molecule has 2 atom stereocenters. The summed E-state index contributed by atoms with van der Waals surface area (Å²) in [6.07, 6.45) is -1.56. The van der Waals surface area contributed by atoms with Gasteiger partial charge in [0.15, 0.2) is 6.29 Å². The number of aliphatic hydroxyl groups is 2. The summed E-state index contributed by atoms with van der Waals surface area (Å²) in [4.78, 5) is 2.10. The fourth-order valence-corrected chi connectivity index (χ4v) is 5.54. The van der Waals surface area contributed by atoms with E-state index in [0.29, 0.717) is 43.9 Å². The Hall–Kier alpha value is -2.32. The second-order valence-corrected chi connectivity index (χ2v) is 10.3. The molecule has 0 aliphatic carbocycles. The Kier molecular flexibility index (Phi) is 6.62. The van der Waals surface area contributed by atoms with Gasteiger partial charge in [-0.15, -0.1) is 0 Å². The molecule has 32 heavy (non-hydrogen) atoms. The first-order valence-corrected chi connectivity index (χ1v) is 12.2. The third kappa shape index (κ3) is 5.02. The number of fused-ring (bicyclic) bond motifs is 1. The number of nitrogens with zero attached hydrogens (tertiary/aromatic N) is 2. The van der Waals surface area contributed by atoms with E-state index in [9.17, 15) is 18.6 Å². The fraction of sp³-hybridized carbons (Fsp3) is 0.435. The lowest BCUT2D eigenvalue weighted by molar-refractivity contribution is -0.0918. The van der Waals surface area contributed by atoms with E-state index < -0.39 is 22.4 Å². The maximum atomic E-state index is 12.3. The molecule has 1 saturated heterocycles. The van der Waals surface area contributed by atoms with Gasteiger partial charge in [-0.05, 0) is 47.2 Å². The highest BCUT2D eigenvalue weighted by Crippen LogP contribution is 2.34. The topological polar surface area (TPSA) is 123 Å². The van der Waals surface area contributed by atoms with Crippen molar-refractivity contribution in [3.8, 4) is 6.07 Å². The predicted octanol–water partition coefficient (Wildman–Crippen LogP) is 1.47. The maximum absolute atomic E-state index is 12.3. The van der Waals surface area contributed by atoms with Crippen molar-refractivity contribution in [1.82, 2.24) is 9.62 Å². The van der Waals surface area contributed by atoms with Gasteiger partial charge in [-0.25, -0.2) is 13.1 Å². The Morgan fingerprint density at radius 1 is 1.25 bits per heavy atom. The van der Waals surface area contributed by atoms with Gasteiger partial charge < -0.3 is 14.9 Å². The number of β-amino-alcohol motifs (C(OH)–C–C–N with tert-alkyl or cyclic N) is 1. The summed E-state index contributed by atoms with van der Waals surface area (Å²) in [6, 6.07) is 12.2. The first-order chi connectivity index (χ1) is 15.3. The van der Waals surface area contributed by atoms with E-state index in [1.54, 1.807) is 30.3 Å². The van der Waals surface area contributed by atoms with Crippen molar-refractivity contribution < 1.29 is 23.4 Å². The van der Waals surface area contributed by atoms with Crippen molar-refractivity contribution in [3.63, 3.8) is 0 Å². The number of rotatable bonds is 8. The number of nitriles is 1. The van der Waals surface area contributed by atoms with Crippen LogP contribution in [0.4, 0.5) is 0 Å². The van der Waals surface area contributed by atoms with Crippen molar-refractivity contribution in [2.45, 2.75) is 31.7 Å². The second-order valence-electron chi connectivity index (χ2n) is 8.53. The highest BCUT2D eigenvalue weighted by molar-refractivity contribution is 7.88. The summed E-state index contributed by atoms with van der Waals surface area (Å²) in [5, 5.41) is 29.3. The SMILES string of the molecule is Cc1c([C@@H](O)CN2CC(CNS(=O)(=O)Cc3ccc(C#N)cc3)C2)ccc2c1COC2O. The van der Waals surface area contributed by atoms with Gasteiger partial charge in [0.05, 0.1) is 30.1 Å². The second kappa shape index (κ2) is 9.27. The molecule has 0 radical (unpaired) electrons. The van der Waals surface area contributed by atoms with Gasteiger partial charge in [0.1, 0.15) is 0 Å². The number of ether oxygens (including phenoxy) is 1. The smallest absolute Gasteiger partial charge is 0.215 e. The minimum absolute atomic E-state index is 0.121. The third-order valence-corrected chi connectivity index (χ3v) is 7.50. The molecule has 2 aromatic carbocycles. The molecule has 0 saturated carbocycles. The Morgan fingerprint density at radius 2 is 1.97 bits per heavy atom. The summed E-state index contributed by atoms with van der Waals surface area (Å²) < 4.78 is 32.6. The molecule has 0 aromatic heterocycles. The first kappa shape index (κ1) is 22.9. The van der Waals surface area contributed by atoms with Crippen LogP contribution in [-0.4, -0.2) is 49.7 Å². The van der Waals surface area contributed by atoms with Crippen molar-refractivity contribution in [3.05, 3.63) is 69.8 Å². The van der Waals surface area contributed by atoms with Gasteiger partial charge in [0, 0.05) is 31.7 Å². The Balaban J connectivity index is 1.24. The van der Waals surface area contributed by atoms with Crippen molar-refractivity contribution >= 4 is 10.0 Å². The number of hydrogen-bond donors (Lipinski definition) is 3. The average Bonchev–Trinajstić information content (AvgIpc) is 3.11.